The Bertz CT molecular complexity index is 193. The van der Waals surface area contributed by atoms with E-state index in [-0.39, 0.29) is 0 Å². The summed E-state index contributed by atoms with van der Waals surface area (Å²) in [7, 11) is 0. The van der Waals surface area contributed by atoms with Crippen molar-refractivity contribution in [2.24, 2.45) is 0 Å². The third-order valence-electron chi connectivity index (χ3n) is 1.79. The Morgan fingerprint density at radius 1 is 1.54 bits per heavy atom. The summed E-state index contributed by atoms with van der Waals surface area (Å²) in [6.07, 6.45) is -4.59. The van der Waals surface area contributed by atoms with E-state index in [1.807, 2.05) is 0 Å². The van der Waals surface area contributed by atoms with Gasteiger partial charge in [-0.15, -0.1) is 0 Å². The van der Waals surface area contributed by atoms with Gasteiger partial charge in [-0.25, -0.2) is 0 Å². The number of rotatable bonds is 2. The Morgan fingerprint density at radius 2 is 2.15 bits per heavy atom. The fourth-order valence-corrected chi connectivity index (χ4v) is 1.19. The molecule has 1 rings (SSSR count). The van der Waals surface area contributed by atoms with Gasteiger partial charge in [-0.05, 0) is 0 Å². The lowest BCUT2D eigenvalue weighted by atomic mass is 10.1. The van der Waals surface area contributed by atoms with E-state index < -0.39 is 37.2 Å². The van der Waals surface area contributed by atoms with Gasteiger partial charge in [0.15, 0.2) is 12.4 Å². The van der Waals surface area contributed by atoms with E-state index in [1.54, 1.807) is 0 Å². The predicted molar refractivity (Wildman–Crippen MR) is 39.5 cm³/mol. The van der Waals surface area contributed by atoms with Crippen molar-refractivity contribution in [2.75, 3.05) is 6.61 Å². The van der Waals surface area contributed by atoms with E-state index >= 15 is 0 Å². The van der Waals surface area contributed by atoms with Crippen LogP contribution in [0.15, 0.2) is 0 Å². The molecule has 1 fully saturated rings. The number of esters is 1. The summed E-state index contributed by atoms with van der Waals surface area (Å²) in [4.78, 5) is 10.5. The largest absolute Gasteiger partial charge is 0.454 e. The fourth-order valence-electron chi connectivity index (χ4n) is 1.19. The number of ether oxygens (including phenoxy) is 2. The van der Waals surface area contributed by atoms with Gasteiger partial charge in [0.2, 0.25) is 0 Å². The molecule has 4 atom stereocenters. The molecule has 3 N–H and O–H groups in total. The molecule has 0 amide bonds. The normalized spacial score (nSPS) is 39.1. The highest BCUT2D eigenvalue weighted by molar-refractivity contribution is 5.66. The number of hydrogen-bond donors (Lipinski definition) is 3. The zero-order valence-electron chi connectivity index (χ0n) is 7.08. The zero-order chi connectivity index (χ0) is 10.0. The minimum Gasteiger partial charge on any atom is -0.454 e. The van der Waals surface area contributed by atoms with E-state index in [1.165, 1.54) is 0 Å². The van der Waals surface area contributed by atoms with E-state index in [9.17, 15) is 9.90 Å². The van der Waals surface area contributed by atoms with Gasteiger partial charge in [-0.3, -0.25) is 4.79 Å². The third kappa shape index (κ3) is 2.16. The first-order valence-corrected chi connectivity index (χ1v) is 3.86. The smallest absolute Gasteiger partial charge is 0.303 e. The molecule has 1 unspecified atom stereocenters. The van der Waals surface area contributed by atoms with Gasteiger partial charge in [-0.2, -0.15) is 0 Å². The lowest BCUT2D eigenvalue weighted by molar-refractivity contribution is -0.170. The first-order chi connectivity index (χ1) is 6.06. The summed E-state index contributed by atoms with van der Waals surface area (Å²) in [6.45, 7) is 0.724. The Balaban J connectivity index is 2.58. The quantitative estimate of drug-likeness (QED) is 0.437. The predicted octanol–water partition coefficient (Wildman–Crippen LogP) is -2.01. The van der Waals surface area contributed by atoms with Crippen LogP contribution in [0.4, 0.5) is 0 Å². The van der Waals surface area contributed by atoms with Gasteiger partial charge in [-0.1, -0.05) is 0 Å². The monoisotopic (exact) mass is 192 g/mol. The van der Waals surface area contributed by atoms with Gasteiger partial charge in [0, 0.05) is 6.92 Å². The summed E-state index contributed by atoms with van der Waals surface area (Å²) >= 11 is 0. The molecule has 1 aliphatic heterocycles. The van der Waals surface area contributed by atoms with Crippen LogP contribution in [0, 0.1) is 0 Å². The molecule has 0 radical (unpaired) electrons. The molecule has 0 saturated carbocycles. The molecular formula is C7H12O6. The first-order valence-electron chi connectivity index (χ1n) is 3.86. The van der Waals surface area contributed by atoms with Crippen LogP contribution >= 0.6 is 0 Å². The van der Waals surface area contributed by atoms with Crippen LogP contribution in [0.5, 0.6) is 0 Å². The van der Waals surface area contributed by atoms with Crippen molar-refractivity contribution in [3.05, 3.63) is 0 Å². The van der Waals surface area contributed by atoms with Crippen LogP contribution in [0.3, 0.4) is 0 Å². The number of hydrogen-bond acceptors (Lipinski definition) is 6. The maximum absolute atomic E-state index is 10.5. The summed E-state index contributed by atoms with van der Waals surface area (Å²) in [5.74, 6) is -0.620. The molecule has 0 bridgehead atoms. The highest BCUT2D eigenvalue weighted by Gasteiger charge is 2.44. The number of carbonyl (C=O) groups is 1. The minimum atomic E-state index is -1.38. The van der Waals surface area contributed by atoms with E-state index in [4.69, 9.17) is 14.9 Å². The highest BCUT2D eigenvalue weighted by Crippen LogP contribution is 2.22. The molecule has 0 aromatic rings. The SMILES string of the molecule is CC(=O)O[C@H]1C(O)O[C@H](CO)[C@H]1O. The second kappa shape index (κ2) is 4.01. The van der Waals surface area contributed by atoms with E-state index in [0.29, 0.717) is 0 Å². The molecule has 0 spiro atoms. The number of carbonyl (C=O) groups excluding carboxylic acids is 1. The molecule has 76 valence electrons. The van der Waals surface area contributed by atoms with Crippen molar-refractivity contribution in [1.29, 1.82) is 0 Å². The maximum Gasteiger partial charge on any atom is 0.303 e. The van der Waals surface area contributed by atoms with Crippen molar-refractivity contribution in [1.82, 2.24) is 0 Å². The molecular weight excluding hydrogens is 180 g/mol. The van der Waals surface area contributed by atoms with E-state index in [2.05, 4.69) is 4.74 Å². The molecule has 6 nitrogen and oxygen atoms in total. The summed E-state index contributed by atoms with van der Waals surface area (Å²) in [5, 5.41) is 27.2. The second-order valence-electron chi connectivity index (χ2n) is 2.81. The summed E-state index contributed by atoms with van der Waals surface area (Å²) in [5.41, 5.74) is 0. The van der Waals surface area contributed by atoms with Crippen LogP contribution in [0.25, 0.3) is 0 Å². The topological polar surface area (TPSA) is 96.2 Å². The van der Waals surface area contributed by atoms with Crippen molar-refractivity contribution in [3.8, 4) is 0 Å². The number of aliphatic hydroxyl groups excluding tert-OH is 3. The second-order valence-corrected chi connectivity index (χ2v) is 2.81. The average Bonchev–Trinajstić information content (AvgIpc) is 2.31. The molecule has 1 heterocycles. The molecule has 1 aliphatic rings. The zero-order valence-corrected chi connectivity index (χ0v) is 7.08. The summed E-state index contributed by atoms with van der Waals surface area (Å²) in [6, 6.07) is 0. The van der Waals surface area contributed by atoms with Crippen molar-refractivity contribution in [2.45, 2.75) is 31.5 Å². The van der Waals surface area contributed by atoms with Crippen molar-refractivity contribution < 1.29 is 29.6 Å². The van der Waals surface area contributed by atoms with Gasteiger partial charge in [0.05, 0.1) is 6.61 Å². The minimum absolute atomic E-state index is 0.435. The van der Waals surface area contributed by atoms with Crippen molar-refractivity contribution in [3.63, 3.8) is 0 Å². The molecule has 1 saturated heterocycles. The number of aliphatic hydroxyl groups is 3. The van der Waals surface area contributed by atoms with Crippen molar-refractivity contribution >= 4 is 5.97 Å². The van der Waals surface area contributed by atoms with Gasteiger partial charge < -0.3 is 24.8 Å². The van der Waals surface area contributed by atoms with Crippen LogP contribution in [0.2, 0.25) is 0 Å². The fraction of sp³-hybridized carbons (Fsp3) is 0.857. The Kier molecular flexibility index (Phi) is 3.21. The third-order valence-corrected chi connectivity index (χ3v) is 1.79. The first kappa shape index (κ1) is 10.4. The molecule has 0 aromatic carbocycles. The summed E-state index contributed by atoms with van der Waals surface area (Å²) < 4.78 is 9.31. The van der Waals surface area contributed by atoms with Crippen LogP contribution < -0.4 is 0 Å². The molecule has 0 aliphatic carbocycles. The maximum atomic E-state index is 10.5. The van der Waals surface area contributed by atoms with Crippen LogP contribution in [-0.4, -0.2) is 52.5 Å². The Morgan fingerprint density at radius 3 is 2.54 bits per heavy atom. The molecule has 0 aromatic heterocycles. The highest BCUT2D eigenvalue weighted by atomic mass is 16.7. The lowest BCUT2D eigenvalue weighted by Crippen LogP contribution is -2.37. The van der Waals surface area contributed by atoms with Gasteiger partial charge in [0.1, 0.15) is 12.2 Å². The van der Waals surface area contributed by atoms with Crippen LogP contribution in [-0.2, 0) is 14.3 Å². The standard InChI is InChI=1S/C7H12O6/c1-3(9)12-6-5(10)4(2-8)13-7(6)11/h4-8,10-11H,2H2,1H3/t4-,5-,6-,7?/m1/s1. The molecule has 13 heavy (non-hydrogen) atoms. The Hall–Kier alpha value is -0.690. The van der Waals surface area contributed by atoms with Gasteiger partial charge in [0.25, 0.3) is 0 Å². The molecule has 6 heteroatoms. The lowest BCUT2D eigenvalue weighted by Gasteiger charge is -2.16. The van der Waals surface area contributed by atoms with Gasteiger partial charge >= 0.3 is 5.97 Å². The average molecular weight is 192 g/mol. The van der Waals surface area contributed by atoms with Crippen LogP contribution in [0.1, 0.15) is 6.92 Å². The Labute approximate surface area is 74.7 Å². The van der Waals surface area contributed by atoms with E-state index in [0.717, 1.165) is 6.92 Å².